The van der Waals surface area contributed by atoms with Crippen LogP contribution in [0.25, 0.3) is 0 Å². The molecule has 0 fully saturated rings. The van der Waals surface area contributed by atoms with Gasteiger partial charge in [0, 0.05) is 57.6 Å². The van der Waals surface area contributed by atoms with Crippen LogP contribution >= 0.6 is 0 Å². The molecule has 0 bridgehead atoms. The first-order valence-electron chi connectivity index (χ1n) is 8.22. The summed E-state index contributed by atoms with van der Waals surface area (Å²) in [5, 5.41) is 2.87. The molecule has 2 rings (SSSR count). The number of pyridine rings is 1. The van der Waals surface area contributed by atoms with Crippen molar-refractivity contribution in [2.45, 2.75) is 74.8 Å². The van der Waals surface area contributed by atoms with Gasteiger partial charge in [-0.2, -0.15) is 0 Å². The minimum atomic E-state index is 0. The fourth-order valence-corrected chi connectivity index (χ4v) is 2.01. The van der Waals surface area contributed by atoms with Gasteiger partial charge in [0.2, 0.25) is 5.91 Å². The molecule has 4 heteroatoms. The molecule has 1 amide bonds. The Kier molecular flexibility index (Phi) is 24.5. The van der Waals surface area contributed by atoms with Crippen LogP contribution in [0.5, 0.6) is 0 Å². The molecule has 0 spiro atoms. The Morgan fingerprint density at radius 1 is 0.963 bits per heavy atom. The van der Waals surface area contributed by atoms with Crippen LogP contribution in [0.3, 0.4) is 0 Å². The smallest absolute Gasteiger partial charge is 0.220 e. The number of aryl methyl sites for hydroxylation is 1. The van der Waals surface area contributed by atoms with Crippen molar-refractivity contribution in [1.82, 2.24) is 10.3 Å². The van der Waals surface area contributed by atoms with Crippen LogP contribution < -0.4 is 5.32 Å². The maximum Gasteiger partial charge on any atom is 0.220 e. The van der Waals surface area contributed by atoms with E-state index in [0.717, 1.165) is 6.42 Å². The van der Waals surface area contributed by atoms with Gasteiger partial charge in [0.05, 0.1) is 0 Å². The first kappa shape index (κ1) is 33.5. The van der Waals surface area contributed by atoms with E-state index in [1.165, 1.54) is 11.1 Å². The number of carbonyl (C=O) groups excluding carboxylic acids is 1. The maximum absolute atomic E-state index is 11.3. The van der Waals surface area contributed by atoms with Crippen molar-refractivity contribution in [3.8, 4) is 0 Å². The minimum absolute atomic E-state index is 0. The Labute approximate surface area is 193 Å². The van der Waals surface area contributed by atoms with Gasteiger partial charge in [-0.1, -0.05) is 72.5 Å². The molecule has 1 N–H and O–H groups in total. The third-order valence-electron chi connectivity index (χ3n) is 3.28. The molecule has 2 aromatic rings. The van der Waals surface area contributed by atoms with E-state index in [1.54, 1.807) is 6.20 Å². The molecule has 1 aromatic heterocycles. The zero-order valence-electron chi connectivity index (χ0n) is 15.2. The summed E-state index contributed by atoms with van der Waals surface area (Å²) in [6.45, 7) is 8.27. The van der Waals surface area contributed by atoms with Crippen molar-refractivity contribution in [3.05, 3.63) is 66.0 Å². The van der Waals surface area contributed by atoms with E-state index < -0.39 is 0 Å². The van der Waals surface area contributed by atoms with Crippen LogP contribution in [0, 0.1) is 0 Å². The van der Waals surface area contributed by atoms with Crippen LogP contribution in [-0.2, 0) is 43.9 Å². The van der Waals surface area contributed by atoms with E-state index in [1.807, 2.05) is 56.4 Å². The van der Waals surface area contributed by atoms with Crippen molar-refractivity contribution < 1.29 is 37.5 Å². The Morgan fingerprint density at radius 3 is 1.96 bits per heavy atom. The fraction of sp³-hybridized carbons (Fsp3) is 0.478. The third kappa shape index (κ3) is 16.8. The van der Waals surface area contributed by atoms with Gasteiger partial charge in [-0.25, -0.2) is 0 Å². The molecule has 0 saturated carbocycles. The first-order chi connectivity index (χ1) is 11.0. The third-order valence-corrected chi connectivity index (χ3v) is 3.28. The zero-order valence-corrected chi connectivity index (χ0v) is 18.0. The molecule has 0 unspecified atom stereocenters. The van der Waals surface area contributed by atoms with Crippen LogP contribution in [0.1, 0.15) is 73.4 Å². The normalized spacial score (nSPS) is 8.67. The fourth-order valence-electron chi connectivity index (χ4n) is 2.01. The molecule has 0 saturated heterocycles. The van der Waals surface area contributed by atoms with Gasteiger partial charge in [-0.3, -0.25) is 9.78 Å². The molecule has 151 valence electrons. The summed E-state index contributed by atoms with van der Waals surface area (Å²) in [5.74, 6) is 0.725. The summed E-state index contributed by atoms with van der Waals surface area (Å²) in [6, 6.07) is 14.4. The molecule has 1 radical (unpaired) electrons. The second-order valence-electron chi connectivity index (χ2n) is 6.15. The Morgan fingerprint density at radius 2 is 1.56 bits per heavy atom. The second kappa shape index (κ2) is 19.7. The number of benzene rings is 1. The number of aromatic nitrogens is 1. The zero-order chi connectivity index (χ0) is 17.1. The predicted molar refractivity (Wildman–Crippen MR) is 117 cm³/mol. The summed E-state index contributed by atoms with van der Waals surface area (Å²) < 4.78 is 0. The Balaban J connectivity index is -0.000000181. The number of rotatable bonds is 5. The first-order valence-corrected chi connectivity index (χ1v) is 8.22. The van der Waals surface area contributed by atoms with Crippen LogP contribution in [-0.4, -0.2) is 16.9 Å². The SMILES string of the molecule is C.C.C.CC(C)NC(=O)CCc1ccccc1.CC(C)c1cccnc1.[Y]. The molecule has 27 heavy (non-hydrogen) atoms. The topological polar surface area (TPSA) is 42.0 Å². The van der Waals surface area contributed by atoms with Gasteiger partial charge in [0.25, 0.3) is 0 Å². The Hall–Kier alpha value is -1.06. The molecular formula is C23H40N2OY. The van der Waals surface area contributed by atoms with E-state index >= 15 is 0 Å². The summed E-state index contributed by atoms with van der Waals surface area (Å²) in [5.41, 5.74) is 2.52. The number of hydrogen-bond acceptors (Lipinski definition) is 2. The van der Waals surface area contributed by atoms with E-state index in [9.17, 15) is 4.79 Å². The van der Waals surface area contributed by atoms with Crippen molar-refractivity contribution >= 4 is 5.91 Å². The molecule has 1 aromatic carbocycles. The van der Waals surface area contributed by atoms with E-state index in [4.69, 9.17) is 0 Å². The molecule has 0 aliphatic carbocycles. The van der Waals surface area contributed by atoms with Gasteiger partial charge in [0.1, 0.15) is 0 Å². The van der Waals surface area contributed by atoms with Crippen molar-refractivity contribution in [1.29, 1.82) is 0 Å². The van der Waals surface area contributed by atoms with Crippen molar-refractivity contribution in [3.63, 3.8) is 0 Å². The van der Waals surface area contributed by atoms with Gasteiger partial charge in [-0.15, -0.1) is 0 Å². The largest absolute Gasteiger partial charge is 0.354 e. The van der Waals surface area contributed by atoms with Crippen molar-refractivity contribution in [2.75, 3.05) is 0 Å². The van der Waals surface area contributed by atoms with Crippen molar-refractivity contribution in [2.24, 2.45) is 0 Å². The number of hydrogen-bond donors (Lipinski definition) is 1. The van der Waals surface area contributed by atoms with Gasteiger partial charge in [-0.05, 0) is 43.4 Å². The maximum atomic E-state index is 11.3. The standard InChI is InChI=1S/C12H17NO.C8H11N.3CH4.Y/c1-10(2)13-12(14)9-8-11-6-4-3-5-7-11;1-7(2)8-4-3-5-9-6-8;;;;/h3-7,10H,8-9H2,1-2H3,(H,13,14);3-7H,1-2H3;3*1H4;. The number of nitrogens with zero attached hydrogens (tertiary/aromatic N) is 1. The monoisotopic (exact) mass is 449 g/mol. The average Bonchev–Trinajstić information content (AvgIpc) is 2.55. The Bertz CT molecular complexity index is 557. The number of carbonyl (C=O) groups is 1. The molecule has 0 atom stereocenters. The summed E-state index contributed by atoms with van der Waals surface area (Å²) in [7, 11) is 0. The minimum Gasteiger partial charge on any atom is -0.354 e. The quantitative estimate of drug-likeness (QED) is 0.586. The van der Waals surface area contributed by atoms with E-state index in [0.29, 0.717) is 12.3 Å². The summed E-state index contributed by atoms with van der Waals surface area (Å²) in [4.78, 5) is 15.3. The van der Waals surface area contributed by atoms with E-state index in [-0.39, 0.29) is 66.9 Å². The van der Waals surface area contributed by atoms with Gasteiger partial charge in [0.15, 0.2) is 0 Å². The molecule has 3 nitrogen and oxygen atoms in total. The van der Waals surface area contributed by atoms with Gasteiger partial charge < -0.3 is 5.32 Å². The van der Waals surface area contributed by atoms with E-state index in [2.05, 4.69) is 30.2 Å². The van der Waals surface area contributed by atoms with Crippen LogP contribution in [0.2, 0.25) is 0 Å². The molecule has 1 heterocycles. The summed E-state index contributed by atoms with van der Waals surface area (Å²) >= 11 is 0. The average molecular weight is 449 g/mol. The van der Waals surface area contributed by atoms with Crippen LogP contribution in [0.4, 0.5) is 0 Å². The second-order valence-corrected chi connectivity index (χ2v) is 6.15. The number of nitrogens with one attached hydrogen (secondary N) is 1. The molecule has 0 aliphatic rings. The number of amides is 1. The van der Waals surface area contributed by atoms with Gasteiger partial charge >= 0.3 is 0 Å². The summed E-state index contributed by atoms with van der Waals surface area (Å²) in [6.07, 6.45) is 5.10. The molecular weight excluding hydrogens is 409 g/mol. The molecule has 0 aliphatic heterocycles. The predicted octanol–water partition coefficient (Wildman–Crippen LogP) is 6.25. The van der Waals surface area contributed by atoms with Crippen LogP contribution in [0.15, 0.2) is 54.9 Å².